The zero-order chi connectivity index (χ0) is 24.2. The molecule has 3 aromatic carbocycles. The fraction of sp³-hybridized carbons (Fsp3) is 0.154. The molecule has 2 amide bonds. The zero-order valence-electron chi connectivity index (χ0n) is 18.7. The molecule has 1 aliphatic heterocycles. The Hall–Kier alpha value is -4.46. The maximum Gasteiger partial charge on any atom is 0.278 e. The summed E-state index contributed by atoms with van der Waals surface area (Å²) in [5, 5.41) is 14.1. The van der Waals surface area contributed by atoms with Crippen molar-refractivity contribution in [2.45, 2.75) is 26.5 Å². The Balaban J connectivity index is 1.69. The Morgan fingerprint density at radius 1 is 0.912 bits per heavy atom. The highest BCUT2D eigenvalue weighted by Gasteiger charge is 2.39. The predicted molar refractivity (Wildman–Crippen MR) is 128 cm³/mol. The van der Waals surface area contributed by atoms with Crippen molar-refractivity contribution in [3.63, 3.8) is 0 Å². The summed E-state index contributed by atoms with van der Waals surface area (Å²) in [6.45, 7) is 3.97. The van der Waals surface area contributed by atoms with E-state index in [2.05, 4.69) is 5.32 Å². The molecular weight excluding hydrogens is 434 g/mol. The molecule has 0 saturated heterocycles. The molecule has 3 aromatic rings. The van der Waals surface area contributed by atoms with E-state index in [1.54, 1.807) is 24.3 Å². The number of hydrogen-bond acceptors (Lipinski definition) is 6. The van der Waals surface area contributed by atoms with Gasteiger partial charge in [0.2, 0.25) is 0 Å². The third-order valence-corrected chi connectivity index (χ3v) is 5.21. The SMILES string of the molecule is CC(C)Oc1ccc(NC2=C(c3ccc([N+](=O)[O-])cc3)C(=O)N(Cc3ccccc3)C2=O)cc1. The Morgan fingerprint density at radius 3 is 2.15 bits per heavy atom. The molecule has 4 rings (SSSR count). The number of carbonyl (C=O) groups excluding carboxylic acids is 2. The van der Waals surface area contributed by atoms with Gasteiger partial charge in [-0.05, 0) is 61.4 Å². The van der Waals surface area contributed by atoms with Crippen LogP contribution in [0.2, 0.25) is 0 Å². The summed E-state index contributed by atoms with van der Waals surface area (Å²) in [6, 6.07) is 21.9. The summed E-state index contributed by atoms with van der Waals surface area (Å²) in [6.07, 6.45) is 0.0239. The topological polar surface area (TPSA) is 102 Å². The number of carbonyl (C=O) groups is 2. The minimum absolute atomic E-state index is 0.0239. The van der Waals surface area contributed by atoms with Crippen LogP contribution in [0.1, 0.15) is 25.0 Å². The van der Waals surface area contributed by atoms with Gasteiger partial charge in [-0.1, -0.05) is 30.3 Å². The Labute approximate surface area is 196 Å². The van der Waals surface area contributed by atoms with E-state index < -0.39 is 16.7 Å². The number of rotatable bonds is 8. The lowest BCUT2D eigenvalue weighted by atomic mass is 10.0. The number of benzene rings is 3. The van der Waals surface area contributed by atoms with E-state index in [9.17, 15) is 19.7 Å². The van der Waals surface area contributed by atoms with Crippen molar-refractivity contribution >= 4 is 28.8 Å². The van der Waals surface area contributed by atoms with Crippen LogP contribution >= 0.6 is 0 Å². The number of ether oxygens (including phenoxy) is 1. The van der Waals surface area contributed by atoms with Crippen molar-refractivity contribution in [3.8, 4) is 5.75 Å². The standard InChI is InChI=1S/C26H23N3O5/c1-17(2)34-22-14-10-20(11-15-22)27-24-23(19-8-12-21(13-9-19)29(32)33)25(30)28(26(24)31)16-18-6-4-3-5-7-18/h3-15,17,27H,16H2,1-2H3. The minimum Gasteiger partial charge on any atom is -0.491 e. The third-order valence-electron chi connectivity index (χ3n) is 5.21. The molecular formula is C26H23N3O5. The molecule has 1 N–H and O–H groups in total. The fourth-order valence-corrected chi connectivity index (χ4v) is 3.65. The lowest BCUT2D eigenvalue weighted by molar-refractivity contribution is -0.384. The second kappa shape index (κ2) is 9.58. The molecule has 0 radical (unpaired) electrons. The highest BCUT2D eigenvalue weighted by atomic mass is 16.6. The maximum absolute atomic E-state index is 13.4. The lowest BCUT2D eigenvalue weighted by Gasteiger charge is -2.15. The first-order valence-electron chi connectivity index (χ1n) is 10.8. The summed E-state index contributed by atoms with van der Waals surface area (Å²) in [4.78, 5) is 38.4. The van der Waals surface area contributed by atoms with Crippen LogP contribution in [0.25, 0.3) is 5.57 Å². The number of nitro groups is 1. The van der Waals surface area contributed by atoms with E-state index >= 15 is 0 Å². The average molecular weight is 457 g/mol. The van der Waals surface area contributed by atoms with Crippen molar-refractivity contribution in [1.82, 2.24) is 4.90 Å². The molecule has 0 atom stereocenters. The molecule has 0 spiro atoms. The molecule has 8 heteroatoms. The molecule has 0 saturated carbocycles. The Kier molecular flexibility index (Phi) is 6.40. The summed E-state index contributed by atoms with van der Waals surface area (Å²) in [5.41, 5.74) is 2.02. The van der Waals surface area contributed by atoms with Gasteiger partial charge in [0.25, 0.3) is 17.5 Å². The van der Waals surface area contributed by atoms with Crippen LogP contribution < -0.4 is 10.1 Å². The highest BCUT2D eigenvalue weighted by Crippen LogP contribution is 2.32. The first-order chi connectivity index (χ1) is 16.3. The van der Waals surface area contributed by atoms with E-state index in [4.69, 9.17) is 4.74 Å². The summed E-state index contributed by atoms with van der Waals surface area (Å²) in [5.74, 6) is -0.251. The Morgan fingerprint density at radius 2 is 1.56 bits per heavy atom. The highest BCUT2D eigenvalue weighted by molar-refractivity contribution is 6.36. The zero-order valence-corrected chi connectivity index (χ0v) is 18.7. The van der Waals surface area contributed by atoms with E-state index in [-0.39, 0.29) is 29.6 Å². The van der Waals surface area contributed by atoms with Gasteiger partial charge in [-0.15, -0.1) is 0 Å². The molecule has 0 bridgehead atoms. The van der Waals surface area contributed by atoms with Gasteiger partial charge >= 0.3 is 0 Å². The number of hydrogen-bond donors (Lipinski definition) is 1. The average Bonchev–Trinajstić information content (AvgIpc) is 3.05. The summed E-state index contributed by atoms with van der Waals surface area (Å²) in [7, 11) is 0. The molecule has 1 heterocycles. The molecule has 0 unspecified atom stereocenters. The van der Waals surface area contributed by atoms with Gasteiger partial charge in [0.05, 0.1) is 23.1 Å². The second-order valence-electron chi connectivity index (χ2n) is 8.05. The first-order valence-corrected chi connectivity index (χ1v) is 10.8. The first kappa shape index (κ1) is 22.7. The molecule has 0 fully saturated rings. The maximum atomic E-state index is 13.4. The van der Waals surface area contributed by atoms with Gasteiger partial charge in [-0.25, -0.2) is 0 Å². The van der Waals surface area contributed by atoms with Crippen LogP contribution in [-0.4, -0.2) is 27.7 Å². The van der Waals surface area contributed by atoms with E-state index in [1.165, 1.54) is 29.2 Å². The van der Waals surface area contributed by atoms with Crippen molar-refractivity contribution in [3.05, 3.63) is 106 Å². The molecule has 34 heavy (non-hydrogen) atoms. The van der Waals surface area contributed by atoms with Crippen molar-refractivity contribution in [2.75, 3.05) is 5.32 Å². The second-order valence-corrected chi connectivity index (χ2v) is 8.05. The van der Waals surface area contributed by atoms with Gasteiger partial charge in [0, 0.05) is 17.8 Å². The number of non-ortho nitro benzene ring substituents is 1. The fourth-order valence-electron chi connectivity index (χ4n) is 3.65. The minimum atomic E-state index is -0.512. The van der Waals surface area contributed by atoms with Crippen LogP contribution in [0.3, 0.4) is 0 Å². The third kappa shape index (κ3) is 4.80. The van der Waals surface area contributed by atoms with E-state index in [0.29, 0.717) is 17.0 Å². The van der Waals surface area contributed by atoms with Crippen LogP contribution in [-0.2, 0) is 16.1 Å². The van der Waals surface area contributed by atoms with Gasteiger partial charge in [0.1, 0.15) is 11.4 Å². The molecule has 0 aromatic heterocycles. The number of nitro benzene ring substituents is 1. The summed E-state index contributed by atoms with van der Waals surface area (Å²) >= 11 is 0. The lowest BCUT2D eigenvalue weighted by Crippen LogP contribution is -2.31. The number of imide groups is 1. The van der Waals surface area contributed by atoms with Gasteiger partial charge in [-0.2, -0.15) is 0 Å². The number of amides is 2. The van der Waals surface area contributed by atoms with Crippen LogP contribution in [0.5, 0.6) is 5.75 Å². The predicted octanol–water partition coefficient (Wildman–Crippen LogP) is 4.77. The van der Waals surface area contributed by atoms with Crippen molar-refractivity contribution in [2.24, 2.45) is 0 Å². The van der Waals surface area contributed by atoms with Crippen LogP contribution in [0, 0.1) is 10.1 Å². The molecule has 172 valence electrons. The number of nitrogens with one attached hydrogen (secondary N) is 1. The van der Waals surface area contributed by atoms with Gasteiger partial charge < -0.3 is 10.1 Å². The molecule has 0 aliphatic carbocycles. The normalized spacial score (nSPS) is 13.6. The largest absolute Gasteiger partial charge is 0.491 e. The Bertz CT molecular complexity index is 1250. The van der Waals surface area contributed by atoms with Crippen LogP contribution in [0.15, 0.2) is 84.6 Å². The van der Waals surface area contributed by atoms with Crippen molar-refractivity contribution in [1.29, 1.82) is 0 Å². The van der Waals surface area contributed by atoms with E-state index in [0.717, 1.165) is 5.56 Å². The van der Waals surface area contributed by atoms with Crippen molar-refractivity contribution < 1.29 is 19.2 Å². The molecule has 1 aliphatic rings. The van der Waals surface area contributed by atoms with Gasteiger partial charge in [-0.3, -0.25) is 24.6 Å². The number of anilines is 1. The molecule has 8 nitrogen and oxygen atoms in total. The monoisotopic (exact) mass is 457 g/mol. The quantitative estimate of drug-likeness (QED) is 0.297. The van der Waals surface area contributed by atoms with Gasteiger partial charge in [0.15, 0.2) is 0 Å². The summed E-state index contributed by atoms with van der Waals surface area (Å²) < 4.78 is 5.66. The van der Waals surface area contributed by atoms with Crippen LogP contribution in [0.4, 0.5) is 11.4 Å². The smallest absolute Gasteiger partial charge is 0.278 e. The van der Waals surface area contributed by atoms with E-state index in [1.807, 2.05) is 44.2 Å². The number of nitrogens with zero attached hydrogens (tertiary/aromatic N) is 2.